The van der Waals surface area contributed by atoms with Crippen LogP contribution in [0.5, 0.6) is 0 Å². The van der Waals surface area contributed by atoms with E-state index in [-0.39, 0.29) is 17.6 Å². The molecule has 0 aromatic heterocycles. The maximum atomic E-state index is 13.4. The van der Waals surface area contributed by atoms with Gasteiger partial charge in [0.1, 0.15) is 6.04 Å². The van der Waals surface area contributed by atoms with Crippen molar-refractivity contribution in [2.45, 2.75) is 26.8 Å². The predicted molar refractivity (Wildman–Crippen MR) is 159 cm³/mol. The molecule has 0 saturated heterocycles. The molecule has 38 heavy (non-hydrogen) atoms. The van der Waals surface area contributed by atoms with E-state index >= 15 is 0 Å². The van der Waals surface area contributed by atoms with Crippen LogP contribution in [0.15, 0.2) is 89.1 Å². The number of rotatable bonds is 7. The average Bonchev–Trinajstić information content (AvgIpc) is 2.90. The van der Waals surface area contributed by atoms with Gasteiger partial charge in [-0.25, -0.2) is 4.99 Å². The number of para-hydroxylation sites is 2. The number of amidine groups is 1. The maximum Gasteiger partial charge on any atom is 0.255 e. The second kappa shape index (κ2) is 12.0. The van der Waals surface area contributed by atoms with Crippen molar-refractivity contribution in [3.63, 3.8) is 0 Å². The zero-order valence-electron chi connectivity index (χ0n) is 22.3. The van der Waals surface area contributed by atoms with Gasteiger partial charge in [-0.05, 0) is 61.7 Å². The third kappa shape index (κ3) is 6.44. The molecule has 1 atom stereocenters. The Bertz CT molecular complexity index is 1360. The van der Waals surface area contributed by atoms with Crippen LogP contribution in [0, 0.1) is 13.8 Å². The summed E-state index contributed by atoms with van der Waals surface area (Å²) in [6.45, 7) is 5.82. The molecule has 0 spiro atoms. The molecule has 0 aliphatic carbocycles. The largest absolute Gasteiger partial charge is 0.378 e. The number of thioether (sulfide) groups is 1. The van der Waals surface area contributed by atoms with Crippen LogP contribution in [0.3, 0.4) is 0 Å². The number of carbonyl (C=O) groups is 2. The Hall–Kier alpha value is -4.04. The number of aryl methyl sites for hydroxylation is 2. The SMILES string of the molecule is CC1=C(C(=O)Nc2ccccc2)[C@@H](c2ccc(N(C)C)cc2)N=C(SCC(=O)Nc2c(C)cccc2C)N1. The lowest BCUT2D eigenvalue weighted by atomic mass is 9.95. The Kier molecular flexibility index (Phi) is 8.53. The second-order valence-corrected chi connectivity index (χ2v) is 10.4. The number of amides is 2. The summed E-state index contributed by atoms with van der Waals surface area (Å²) in [6.07, 6.45) is 0. The van der Waals surface area contributed by atoms with Gasteiger partial charge in [-0.3, -0.25) is 9.59 Å². The highest BCUT2D eigenvalue weighted by atomic mass is 32.2. The normalized spacial score (nSPS) is 14.9. The number of hydrogen-bond donors (Lipinski definition) is 3. The monoisotopic (exact) mass is 527 g/mol. The van der Waals surface area contributed by atoms with Gasteiger partial charge in [-0.1, -0.05) is 60.3 Å². The molecule has 3 aromatic carbocycles. The van der Waals surface area contributed by atoms with Gasteiger partial charge in [0.25, 0.3) is 5.91 Å². The summed E-state index contributed by atoms with van der Waals surface area (Å²) < 4.78 is 0. The second-order valence-electron chi connectivity index (χ2n) is 9.41. The van der Waals surface area contributed by atoms with Gasteiger partial charge in [0, 0.05) is 36.9 Å². The average molecular weight is 528 g/mol. The van der Waals surface area contributed by atoms with E-state index in [2.05, 4.69) is 16.0 Å². The van der Waals surface area contributed by atoms with Crippen molar-refractivity contribution in [1.82, 2.24) is 5.32 Å². The molecule has 1 heterocycles. The molecule has 3 N–H and O–H groups in total. The van der Waals surface area contributed by atoms with Crippen LogP contribution < -0.4 is 20.9 Å². The molecule has 7 nitrogen and oxygen atoms in total. The van der Waals surface area contributed by atoms with Gasteiger partial charge in [0.2, 0.25) is 5.91 Å². The number of hydrogen-bond acceptors (Lipinski definition) is 6. The van der Waals surface area contributed by atoms with Gasteiger partial charge in [0.05, 0.1) is 11.3 Å². The van der Waals surface area contributed by atoms with Crippen molar-refractivity contribution in [2.24, 2.45) is 4.99 Å². The topological polar surface area (TPSA) is 85.8 Å². The molecule has 0 saturated carbocycles. The number of nitrogens with zero attached hydrogens (tertiary/aromatic N) is 2. The van der Waals surface area contributed by atoms with Crippen molar-refractivity contribution in [2.75, 3.05) is 35.4 Å². The molecular weight excluding hydrogens is 494 g/mol. The van der Waals surface area contributed by atoms with E-state index in [0.29, 0.717) is 22.1 Å². The molecule has 2 amide bonds. The standard InChI is InChI=1S/C30H33N5O2S/c1-19-10-9-11-20(2)27(19)33-25(36)18-38-30-31-21(3)26(29(37)32-23-12-7-6-8-13-23)28(34-30)22-14-16-24(17-15-22)35(4)5/h6-17,28H,18H2,1-5H3,(H,31,34)(H,32,37)(H,33,36)/t28-/m1/s1. The summed E-state index contributed by atoms with van der Waals surface area (Å²) in [5.41, 5.74) is 6.78. The number of nitrogens with one attached hydrogen (secondary N) is 3. The molecule has 0 unspecified atom stereocenters. The van der Waals surface area contributed by atoms with Crippen LogP contribution in [-0.2, 0) is 9.59 Å². The van der Waals surface area contributed by atoms with Crippen molar-refractivity contribution in [3.05, 3.63) is 101 Å². The van der Waals surface area contributed by atoms with Crippen molar-refractivity contribution < 1.29 is 9.59 Å². The Morgan fingerprint density at radius 1 is 0.895 bits per heavy atom. The van der Waals surface area contributed by atoms with E-state index < -0.39 is 6.04 Å². The minimum absolute atomic E-state index is 0.113. The molecule has 1 aliphatic rings. The van der Waals surface area contributed by atoms with Crippen molar-refractivity contribution in [3.8, 4) is 0 Å². The smallest absolute Gasteiger partial charge is 0.255 e. The fraction of sp³-hybridized carbons (Fsp3) is 0.233. The third-order valence-electron chi connectivity index (χ3n) is 6.31. The molecule has 196 valence electrons. The Morgan fingerprint density at radius 3 is 2.18 bits per heavy atom. The molecular formula is C30H33N5O2S. The summed E-state index contributed by atoms with van der Waals surface area (Å²) >= 11 is 1.32. The van der Waals surface area contributed by atoms with Gasteiger partial charge in [-0.15, -0.1) is 0 Å². The first-order chi connectivity index (χ1) is 18.2. The molecule has 3 aromatic rings. The van der Waals surface area contributed by atoms with E-state index in [1.807, 2.05) is 113 Å². The van der Waals surface area contributed by atoms with Crippen LogP contribution in [0.1, 0.15) is 29.7 Å². The first-order valence-electron chi connectivity index (χ1n) is 12.4. The van der Waals surface area contributed by atoms with E-state index in [0.717, 1.165) is 28.1 Å². The lowest BCUT2D eigenvalue weighted by Gasteiger charge is -2.27. The zero-order valence-corrected chi connectivity index (χ0v) is 23.1. The summed E-state index contributed by atoms with van der Waals surface area (Å²) in [4.78, 5) is 33.1. The first-order valence-corrected chi connectivity index (χ1v) is 13.4. The molecule has 0 bridgehead atoms. The quantitative estimate of drug-likeness (QED) is 0.370. The maximum absolute atomic E-state index is 13.4. The number of aliphatic imine (C=N–C) groups is 1. The lowest BCUT2D eigenvalue weighted by Crippen LogP contribution is -2.32. The first kappa shape index (κ1) is 27.0. The molecule has 0 radical (unpaired) electrons. The van der Waals surface area contributed by atoms with Gasteiger partial charge in [0.15, 0.2) is 5.17 Å². The predicted octanol–water partition coefficient (Wildman–Crippen LogP) is 5.65. The summed E-state index contributed by atoms with van der Waals surface area (Å²) in [7, 11) is 3.97. The van der Waals surface area contributed by atoms with Crippen LogP contribution in [-0.4, -0.2) is 36.8 Å². The minimum atomic E-state index is -0.514. The molecule has 0 fully saturated rings. The summed E-state index contributed by atoms with van der Waals surface area (Å²) in [5.74, 6) is -0.147. The summed E-state index contributed by atoms with van der Waals surface area (Å²) in [6, 6.07) is 22.8. The number of benzene rings is 3. The Labute approximate surface area is 228 Å². The van der Waals surface area contributed by atoms with Gasteiger partial charge in [-0.2, -0.15) is 0 Å². The number of allylic oxidation sites excluding steroid dienone is 1. The fourth-order valence-electron chi connectivity index (χ4n) is 4.25. The van der Waals surface area contributed by atoms with Crippen molar-refractivity contribution >= 4 is 45.8 Å². The highest BCUT2D eigenvalue weighted by molar-refractivity contribution is 8.14. The third-order valence-corrected chi connectivity index (χ3v) is 7.19. The van der Waals surface area contributed by atoms with Crippen LogP contribution in [0.4, 0.5) is 17.1 Å². The lowest BCUT2D eigenvalue weighted by molar-refractivity contribution is -0.114. The highest BCUT2D eigenvalue weighted by Gasteiger charge is 2.30. The van der Waals surface area contributed by atoms with Crippen LogP contribution in [0.2, 0.25) is 0 Å². The van der Waals surface area contributed by atoms with Gasteiger partial charge >= 0.3 is 0 Å². The van der Waals surface area contributed by atoms with Crippen LogP contribution >= 0.6 is 11.8 Å². The molecule has 4 rings (SSSR count). The number of anilines is 3. The highest BCUT2D eigenvalue weighted by Crippen LogP contribution is 2.34. The van der Waals surface area contributed by atoms with Crippen LogP contribution in [0.25, 0.3) is 0 Å². The van der Waals surface area contributed by atoms with E-state index in [1.54, 1.807) is 0 Å². The van der Waals surface area contributed by atoms with Gasteiger partial charge < -0.3 is 20.9 Å². The van der Waals surface area contributed by atoms with Crippen molar-refractivity contribution in [1.29, 1.82) is 0 Å². The molecule has 8 heteroatoms. The number of carbonyl (C=O) groups excluding carboxylic acids is 2. The zero-order chi connectivity index (χ0) is 27.2. The van der Waals surface area contributed by atoms with E-state index in [1.165, 1.54) is 11.8 Å². The fourth-order valence-corrected chi connectivity index (χ4v) is 5.00. The Balaban J connectivity index is 1.56. The summed E-state index contributed by atoms with van der Waals surface area (Å²) in [5, 5.41) is 9.85. The minimum Gasteiger partial charge on any atom is -0.378 e. The van der Waals surface area contributed by atoms with E-state index in [4.69, 9.17) is 4.99 Å². The Morgan fingerprint density at radius 2 is 1.55 bits per heavy atom. The molecule has 1 aliphatic heterocycles. The van der Waals surface area contributed by atoms with E-state index in [9.17, 15) is 9.59 Å².